The molecule has 0 spiro atoms. The smallest absolute Gasteiger partial charge is 0.269 e. The van der Waals surface area contributed by atoms with Crippen LogP contribution >= 0.6 is 0 Å². The van der Waals surface area contributed by atoms with Crippen LogP contribution in [-0.2, 0) is 7.05 Å². The fraction of sp³-hybridized carbons (Fsp3) is 0.150. The van der Waals surface area contributed by atoms with Gasteiger partial charge in [0.25, 0.3) is 11.5 Å². The average molecular weight is 394 g/mol. The molecule has 0 atom stereocenters. The van der Waals surface area contributed by atoms with Crippen LogP contribution in [0.1, 0.15) is 26.5 Å². The highest BCUT2D eigenvalue weighted by molar-refractivity contribution is 6.10. The molecule has 0 radical (unpaired) electrons. The number of hydrogen-bond donors (Lipinski definition) is 3. The summed E-state index contributed by atoms with van der Waals surface area (Å²) in [5, 5.41) is 22.0. The molecule has 0 fully saturated rings. The third-order valence-electron chi connectivity index (χ3n) is 4.17. The first kappa shape index (κ1) is 19.9. The number of ketones is 1. The Kier molecular flexibility index (Phi) is 5.79. The lowest BCUT2D eigenvalue weighted by Gasteiger charge is -2.08. The maximum atomic E-state index is 12.6. The third kappa shape index (κ3) is 4.04. The number of fused-ring (bicyclic) bond motifs is 1. The van der Waals surface area contributed by atoms with E-state index < -0.39 is 23.0 Å². The van der Waals surface area contributed by atoms with Crippen molar-refractivity contribution in [3.05, 3.63) is 69.9 Å². The van der Waals surface area contributed by atoms with Crippen molar-refractivity contribution in [2.24, 2.45) is 7.05 Å². The van der Waals surface area contributed by atoms with Gasteiger partial charge in [0, 0.05) is 19.8 Å². The summed E-state index contributed by atoms with van der Waals surface area (Å²) in [5.74, 6) is -1.60. The highest BCUT2D eigenvalue weighted by Gasteiger charge is 2.19. The lowest BCUT2D eigenvalue weighted by atomic mass is 10.1. The summed E-state index contributed by atoms with van der Waals surface area (Å²) in [5.41, 5.74) is -0.356. The standard InChI is InChI=1S/C20H18N4O5/c1-24-18-13(5-3-9-21-18)17(27)16(20(24)29)15(26)8-7-12-4-2-6-14(23-12)19(28)22-10-11-25/h2-9,25,27H,10-11H2,1H3,(H,22,28). The van der Waals surface area contributed by atoms with E-state index >= 15 is 0 Å². The second-order valence-corrected chi connectivity index (χ2v) is 6.09. The highest BCUT2D eigenvalue weighted by Crippen LogP contribution is 2.25. The number of carbonyl (C=O) groups is 2. The number of amides is 1. The van der Waals surface area contributed by atoms with Crippen LogP contribution in [-0.4, -0.2) is 49.6 Å². The summed E-state index contributed by atoms with van der Waals surface area (Å²) in [6, 6.07) is 7.81. The molecule has 3 rings (SSSR count). The number of pyridine rings is 3. The van der Waals surface area contributed by atoms with Crippen LogP contribution in [0.2, 0.25) is 0 Å². The topological polar surface area (TPSA) is 134 Å². The van der Waals surface area contributed by atoms with Gasteiger partial charge in [0.1, 0.15) is 22.7 Å². The molecule has 29 heavy (non-hydrogen) atoms. The zero-order valence-electron chi connectivity index (χ0n) is 15.5. The van der Waals surface area contributed by atoms with Crippen LogP contribution in [0, 0.1) is 0 Å². The van der Waals surface area contributed by atoms with Crippen molar-refractivity contribution in [2.45, 2.75) is 0 Å². The predicted molar refractivity (Wildman–Crippen MR) is 106 cm³/mol. The lowest BCUT2D eigenvalue weighted by Crippen LogP contribution is -2.27. The van der Waals surface area contributed by atoms with Gasteiger partial charge in [-0.3, -0.25) is 19.0 Å². The van der Waals surface area contributed by atoms with E-state index in [1.165, 1.54) is 30.0 Å². The molecule has 0 aliphatic heterocycles. The van der Waals surface area contributed by atoms with Crippen molar-refractivity contribution in [2.75, 3.05) is 13.2 Å². The number of nitrogens with zero attached hydrogens (tertiary/aromatic N) is 3. The van der Waals surface area contributed by atoms with Gasteiger partial charge >= 0.3 is 0 Å². The first-order valence-corrected chi connectivity index (χ1v) is 8.69. The molecule has 0 unspecified atom stereocenters. The number of aliphatic hydroxyl groups excluding tert-OH is 1. The summed E-state index contributed by atoms with van der Waals surface area (Å²) in [4.78, 5) is 45.2. The van der Waals surface area contributed by atoms with Gasteiger partial charge in [-0.05, 0) is 36.4 Å². The number of aliphatic hydroxyl groups is 1. The molecule has 1 amide bonds. The molecule has 3 aromatic heterocycles. The maximum absolute atomic E-state index is 12.6. The number of aromatic hydroxyl groups is 1. The Morgan fingerprint density at radius 1 is 1.24 bits per heavy atom. The Morgan fingerprint density at radius 3 is 2.79 bits per heavy atom. The Bertz CT molecular complexity index is 1180. The Hall–Kier alpha value is -3.85. The van der Waals surface area contributed by atoms with Crippen LogP contribution < -0.4 is 10.9 Å². The van der Waals surface area contributed by atoms with Crippen molar-refractivity contribution in [1.29, 1.82) is 0 Å². The van der Waals surface area contributed by atoms with Gasteiger partial charge in [0.15, 0.2) is 5.78 Å². The van der Waals surface area contributed by atoms with Crippen molar-refractivity contribution in [1.82, 2.24) is 19.9 Å². The monoisotopic (exact) mass is 394 g/mol. The fourth-order valence-corrected chi connectivity index (χ4v) is 2.75. The molecule has 0 saturated carbocycles. The van der Waals surface area contributed by atoms with E-state index in [1.807, 2.05) is 0 Å². The lowest BCUT2D eigenvalue weighted by molar-refractivity contribution is 0.0939. The molecule has 0 aliphatic carbocycles. The first-order valence-electron chi connectivity index (χ1n) is 8.69. The number of hydrogen-bond acceptors (Lipinski definition) is 7. The summed E-state index contributed by atoms with van der Waals surface area (Å²) in [7, 11) is 1.47. The van der Waals surface area contributed by atoms with Crippen LogP contribution in [0.4, 0.5) is 0 Å². The van der Waals surface area contributed by atoms with E-state index in [0.717, 1.165) is 6.08 Å². The number of nitrogens with one attached hydrogen (secondary N) is 1. The van der Waals surface area contributed by atoms with Gasteiger partial charge in [-0.25, -0.2) is 9.97 Å². The summed E-state index contributed by atoms with van der Waals surface area (Å²) in [6.07, 6.45) is 3.94. The van der Waals surface area contributed by atoms with E-state index in [2.05, 4.69) is 15.3 Å². The molecule has 0 aromatic carbocycles. The minimum Gasteiger partial charge on any atom is -0.506 e. The molecule has 3 aromatic rings. The van der Waals surface area contributed by atoms with Crippen molar-refractivity contribution < 1.29 is 19.8 Å². The van der Waals surface area contributed by atoms with Crippen molar-refractivity contribution >= 4 is 28.8 Å². The predicted octanol–water partition coefficient (Wildman–Crippen LogP) is 0.652. The quantitative estimate of drug-likeness (QED) is 0.413. The minimum absolute atomic E-state index is 0.0957. The Balaban J connectivity index is 1.93. The van der Waals surface area contributed by atoms with E-state index in [9.17, 15) is 19.5 Å². The summed E-state index contributed by atoms with van der Waals surface area (Å²) < 4.78 is 1.19. The number of aryl methyl sites for hydroxylation is 1. The first-order chi connectivity index (χ1) is 13.9. The molecule has 148 valence electrons. The second kappa shape index (κ2) is 8.44. The molecule has 0 saturated heterocycles. The largest absolute Gasteiger partial charge is 0.506 e. The SMILES string of the molecule is Cn1c(=O)c(C(=O)C=Cc2cccc(C(=O)NCCO)n2)c(O)c2cccnc21. The van der Waals surface area contributed by atoms with E-state index in [0.29, 0.717) is 5.69 Å². The Labute approximate surface area is 165 Å². The fourth-order valence-electron chi connectivity index (χ4n) is 2.75. The highest BCUT2D eigenvalue weighted by atomic mass is 16.3. The number of aromatic nitrogens is 3. The van der Waals surface area contributed by atoms with Crippen LogP contribution in [0.3, 0.4) is 0 Å². The van der Waals surface area contributed by atoms with Gasteiger partial charge in [-0.2, -0.15) is 0 Å². The molecule has 9 nitrogen and oxygen atoms in total. The molecule has 0 bridgehead atoms. The van der Waals surface area contributed by atoms with E-state index in [4.69, 9.17) is 5.11 Å². The van der Waals surface area contributed by atoms with Gasteiger partial charge in [0.05, 0.1) is 17.7 Å². The zero-order valence-corrected chi connectivity index (χ0v) is 15.5. The number of allylic oxidation sites excluding steroid dienone is 1. The van der Waals surface area contributed by atoms with Gasteiger partial charge in [-0.15, -0.1) is 0 Å². The maximum Gasteiger partial charge on any atom is 0.269 e. The number of rotatable bonds is 6. The third-order valence-corrected chi connectivity index (χ3v) is 4.17. The van der Waals surface area contributed by atoms with E-state index in [-0.39, 0.29) is 35.4 Å². The molecular weight excluding hydrogens is 376 g/mol. The van der Waals surface area contributed by atoms with E-state index in [1.54, 1.807) is 24.3 Å². The molecule has 3 N–H and O–H groups in total. The van der Waals surface area contributed by atoms with Crippen LogP contribution in [0.5, 0.6) is 5.75 Å². The van der Waals surface area contributed by atoms with Crippen molar-refractivity contribution in [3.8, 4) is 5.75 Å². The average Bonchev–Trinajstić information content (AvgIpc) is 2.74. The van der Waals surface area contributed by atoms with Gasteiger partial charge < -0.3 is 15.5 Å². The number of carbonyl (C=O) groups excluding carboxylic acids is 2. The minimum atomic E-state index is -0.703. The molecular formula is C20H18N4O5. The molecule has 0 aliphatic rings. The second-order valence-electron chi connectivity index (χ2n) is 6.09. The molecule has 9 heteroatoms. The molecule has 3 heterocycles. The zero-order chi connectivity index (χ0) is 21.0. The normalized spacial score (nSPS) is 11.1. The van der Waals surface area contributed by atoms with Gasteiger partial charge in [0.2, 0.25) is 0 Å². The summed E-state index contributed by atoms with van der Waals surface area (Å²) in [6.45, 7) is -0.0992. The van der Waals surface area contributed by atoms with Crippen LogP contribution in [0.15, 0.2) is 47.4 Å². The summed E-state index contributed by atoms with van der Waals surface area (Å²) >= 11 is 0. The van der Waals surface area contributed by atoms with Gasteiger partial charge in [-0.1, -0.05) is 6.07 Å². The van der Waals surface area contributed by atoms with Crippen LogP contribution in [0.25, 0.3) is 17.1 Å². The van der Waals surface area contributed by atoms with Crippen molar-refractivity contribution in [3.63, 3.8) is 0 Å². The Morgan fingerprint density at radius 2 is 2.03 bits per heavy atom.